The SMILES string of the molecule is O=C(N1CC(Cc2cccc(O)c2)C1)N1N=CCC1c1ccccc1. The summed E-state index contributed by atoms with van der Waals surface area (Å²) in [4.78, 5) is 14.6. The van der Waals surface area contributed by atoms with Crippen LogP contribution in [-0.2, 0) is 6.42 Å². The zero-order valence-electron chi connectivity index (χ0n) is 14.0. The zero-order chi connectivity index (χ0) is 17.2. The molecule has 0 bridgehead atoms. The number of likely N-dealkylation sites (tertiary alicyclic amines) is 1. The molecular formula is C20H21N3O2. The lowest BCUT2D eigenvalue weighted by Crippen LogP contribution is -2.54. The van der Waals surface area contributed by atoms with Crippen molar-refractivity contribution in [1.82, 2.24) is 9.91 Å². The highest BCUT2D eigenvalue weighted by Gasteiger charge is 2.37. The van der Waals surface area contributed by atoms with E-state index in [1.54, 1.807) is 17.1 Å². The highest BCUT2D eigenvalue weighted by Crippen LogP contribution is 2.31. The summed E-state index contributed by atoms with van der Waals surface area (Å²) >= 11 is 0. The number of phenolic OH excluding ortho intramolecular Hbond substituents is 1. The Bertz CT molecular complexity index is 785. The molecule has 0 spiro atoms. The van der Waals surface area contributed by atoms with E-state index in [1.807, 2.05) is 53.6 Å². The minimum atomic E-state index is -0.0187. The molecule has 0 aromatic heterocycles. The molecule has 0 radical (unpaired) electrons. The summed E-state index contributed by atoms with van der Waals surface area (Å²) in [5, 5.41) is 15.5. The topological polar surface area (TPSA) is 56.1 Å². The van der Waals surface area contributed by atoms with Crippen molar-refractivity contribution in [2.24, 2.45) is 11.0 Å². The summed E-state index contributed by atoms with van der Waals surface area (Å²) in [6.45, 7) is 1.48. The fraction of sp³-hybridized carbons (Fsp3) is 0.300. The van der Waals surface area contributed by atoms with Crippen LogP contribution >= 0.6 is 0 Å². The van der Waals surface area contributed by atoms with Crippen molar-refractivity contribution in [2.75, 3.05) is 13.1 Å². The largest absolute Gasteiger partial charge is 0.508 e. The van der Waals surface area contributed by atoms with Gasteiger partial charge in [-0.25, -0.2) is 9.80 Å². The van der Waals surface area contributed by atoms with E-state index >= 15 is 0 Å². The molecule has 5 nitrogen and oxygen atoms in total. The maximum Gasteiger partial charge on any atom is 0.341 e. The second kappa shape index (κ2) is 6.59. The third kappa shape index (κ3) is 3.22. The smallest absolute Gasteiger partial charge is 0.341 e. The molecule has 5 heteroatoms. The molecule has 4 rings (SSSR count). The van der Waals surface area contributed by atoms with Crippen molar-refractivity contribution in [3.05, 3.63) is 65.7 Å². The molecule has 128 valence electrons. The van der Waals surface area contributed by atoms with Gasteiger partial charge in [-0.05, 0) is 35.6 Å². The van der Waals surface area contributed by atoms with Gasteiger partial charge in [0.25, 0.3) is 0 Å². The van der Waals surface area contributed by atoms with E-state index in [0.717, 1.165) is 37.1 Å². The quantitative estimate of drug-likeness (QED) is 0.934. The Morgan fingerprint density at radius 1 is 1.12 bits per heavy atom. The summed E-state index contributed by atoms with van der Waals surface area (Å²) < 4.78 is 0. The number of aromatic hydroxyl groups is 1. The van der Waals surface area contributed by atoms with Crippen molar-refractivity contribution in [3.8, 4) is 5.75 Å². The number of rotatable bonds is 3. The first-order chi connectivity index (χ1) is 12.2. The van der Waals surface area contributed by atoms with Gasteiger partial charge in [-0.2, -0.15) is 5.10 Å². The molecule has 2 aromatic rings. The van der Waals surface area contributed by atoms with Gasteiger partial charge < -0.3 is 10.0 Å². The fourth-order valence-corrected chi connectivity index (χ4v) is 3.57. The van der Waals surface area contributed by atoms with Crippen LogP contribution in [0.15, 0.2) is 59.7 Å². The Labute approximate surface area is 147 Å². The Morgan fingerprint density at radius 2 is 1.92 bits per heavy atom. The van der Waals surface area contributed by atoms with E-state index in [2.05, 4.69) is 5.10 Å². The van der Waals surface area contributed by atoms with E-state index in [4.69, 9.17) is 0 Å². The van der Waals surface area contributed by atoms with Gasteiger partial charge in [0.2, 0.25) is 0 Å². The van der Waals surface area contributed by atoms with Crippen LogP contribution < -0.4 is 0 Å². The molecule has 25 heavy (non-hydrogen) atoms. The number of amides is 2. The molecule has 1 fully saturated rings. The number of hydrazone groups is 1. The maximum atomic E-state index is 12.8. The van der Waals surface area contributed by atoms with Crippen molar-refractivity contribution in [3.63, 3.8) is 0 Å². The summed E-state index contributed by atoms with van der Waals surface area (Å²) in [5.74, 6) is 0.731. The fourth-order valence-electron chi connectivity index (χ4n) is 3.57. The van der Waals surface area contributed by atoms with Crippen LogP contribution in [0.1, 0.15) is 23.6 Å². The third-order valence-electron chi connectivity index (χ3n) is 4.87. The van der Waals surface area contributed by atoms with E-state index < -0.39 is 0 Å². The second-order valence-corrected chi connectivity index (χ2v) is 6.73. The first-order valence-electron chi connectivity index (χ1n) is 8.64. The Morgan fingerprint density at radius 3 is 2.68 bits per heavy atom. The monoisotopic (exact) mass is 335 g/mol. The van der Waals surface area contributed by atoms with E-state index in [1.165, 1.54) is 0 Å². The van der Waals surface area contributed by atoms with E-state index in [0.29, 0.717) is 11.7 Å². The summed E-state index contributed by atoms with van der Waals surface area (Å²) in [5.41, 5.74) is 2.23. The third-order valence-corrected chi connectivity index (χ3v) is 4.87. The number of nitrogens with zero attached hydrogens (tertiary/aromatic N) is 3. The van der Waals surface area contributed by atoms with Crippen molar-refractivity contribution >= 4 is 12.2 Å². The predicted molar refractivity (Wildman–Crippen MR) is 96.4 cm³/mol. The average Bonchev–Trinajstić information content (AvgIpc) is 3.08. The van der Waals surface area contributed by atoms with Crippen molar-refractivity contribution < 1.29 is 9.90 Å². The Balaban J connectivity index is 1.36. The van der Waals surface area contributed by atoms with Crippen LogP contribution in [0.25, 0.3) is 0 Å². The molecule has 0 aliphatic carbocycles. The van der Waals surface area contributed by atoms with Gasteiger partial charge in [0.05, 0.1) is 6.04 Å². The molecule has 2 heterocycles. The predicted octanol–water partition coefficient (Wildman–Crippen LogP) is 3.42. The number of hydrogen-bond acceptors (Lipinski definition) is 3. The van der Waals surface area contributed by atoms with Gasteiger partial charge in [0.15, 0.2) is 0 Å². The molecule has 1 atom stereocenters. The molecule has 2 aliphatic heterocycles. The van der Waals surface area contributed by atoms with Crippen LogP contribution in [-0.4, -0.2) is 40.4 Å². The number of benzene rings is 2. The number of phenols is 1. The van der Waals surface area contributed by atoms with Gasteiger partial charge in [-0.3, -0.25) is 0 Å². The molecule has 1 saturated heterocycles. The van der Waals surface area contributed by atoms with Gasteiger partial charge in [-0.1, -0.05) is 42.5 Å². The summed E-state index contributed by atoms with van der Waals surface area (Å²) in [7, 11) is 0. The average molecular weight is 335 g/mol. The standard InChI is InChI=1S/C20H21N3O2/c24-18-8-4-5-15(12-18)11-16-13-22(14-16)20(25)23-19(9-10-21-23)17-6-2-1-3-7-17/h1-8,10,12,16,19,24H,9,11,13-14H2. The molecule has 2 amide bonds. The molecule has 2 aliphatic rings. The summed E-state index contributed by atoms with van der Waals surface area (Å²) in [6.07, 6.45) is 3.46. The first kappa shape index (κ1) is 15.7. The van der Waals surface area contributed by atoms with Crippen molar-refractivity contribution in [1.29, 1.82) is 0 Å². The van der Waals surface area contributed by atoms with Gasteiger partial charge in [-0.15, -0.1) is 0 Å². The Kier molecular flexibility index (Phi) is 4.14. The molecule has 1 unspecified atom stereocenters. The molecule has 2 aromatic carbocycles. The highest BCUT2D eigenvalue weighted by molar-refractivity contribution is 5.79. The Hall–Kier alpha value is -2.82. The van der Waals surface area contributed by atoms with Gasteiger partial charge >= 0.3 is 6.03 Å². The molecule has 0 saturated carbocycles. The lowest BCUT2D eigenvalue weighted by molar-refractivity contribution is 0.0835. The minimum Gasteiger partial charge on any atom is -0.508 e. The normalized spacial score (nSPS) is 19.9. The van der Waals surface area contributed by atoms with E-state index in [9.17, 15) is 9.90 Å². The highest BCUT2D eigenvalue weighted by atomic mass is 16.3. The van der Waals surface area contributed by atoms with Crippen LogP contribution in [0.5, 0.6) is 5.75 Å². The lowest BCUT2D eigenvalue weighted by atomic mass is 9.92. The minimum absolute atomic E-state index is 0.00109. The number of urea groups is 1. The van der Waals surface area contributed by atoms with Gasteiger partial charge in [0.1, 0.15) is 5.75 Å². The number of carbonyl (C=O) groups is 1. The number of carbonyl (C=O) groups excluding carboxylic acids is 1. The van der Waals surface area contributed by atoms with Crippen molar-refractivity contribution in [2.45, 2.75) is 18.9 Å². The molecule has 1 N–H and O–H groups in total. The first-order valence-corrected chi connectivity index (χ1v) is 8.64. The summed E-state index contributed by atoms with van der Waals surface area (Å²) in [6, 6.07) is 17.4. The van der Waals surface area contributed by atoms with Gasteiger partial charge in [0, 0.05) is 25.7 Å². The van der Waals surface area contributed by atoms with Crippen LogP contribution in [0.4, 0.5) is 4.79 Å². The van der Waals surface area contributed by atoms with Crippen LogP contribution in [0, 0.1) is 5.92 Å². The zero-order valence-corrected chi connectivity index (χ0v) is 14.0. The van der Waals surface area contributed by atoms with Crippen LogP contribution in [0.2, 0.25) is 0 Å². The number of hydrogen-bond donors (Lipinski definition) is 1. The lowest BCUT2D eigenvalue weighted by Gasteiger charge is -2.41. The van der Waals surface area contributed by atoms with E-state index in [-0.39, 0.29) is 12.1 Å². The maximum absolute atomic E-state index is 12.8. The second-order valence-electron chi connectivity index (χ2n) is 6.73. The molecular weight excluding hydrogens is 314 g/mol. The van der Waals surface area contributed by atoms with Crippen LogP contribution in [0.3, 0.4) is 0 Å².